The van der Waals surface area contributed by atoms with Gasteiger partial charge < -0.3 is 14.8 Å². The lowest BCUT2D eigenvalue weighted by Crippen LogP contribution is -2.35. The number of carbonyl (C=O) groups excluding carboxylic acids is 1. The SMILES string of the molecule is CCOC(=O)COc1ccc(CNC(C)(C)C)nc1. The number of ether oxygens (including phenoxy) is 2. The molecule has 1 N–H and O–H groups in total. The van der Waals surface area contributed by atoms with Crippen LogP contribution in [0.15, 0.2) is 18.3 Å². The Bertz CT molecular complexity index is 396. The fourth-order valence-electron chi connectivity index (χ4n) is 1.30. The van der Waals surface area contributed by atoms with Gasteiger partial charge in [-0.3, -0.25) is 4.98 Å². The summed E-state index contributed by atoms with van der Waals surface area (Å²) < 4.78 is 10.0. The van der Waals surface area contributed by atoms with Crippen molar-refractivity contribution in [1.29, 1.82) is 0 Å². The van der Waals surface area contributed by atoms with Crippen LogP contribution in [0, 0.1) is 0 Å². The summed E-state index contributed by atoms with van der Waals surface area (Å²) >= 11 is 0. The van der Waals surface area contributed by atoms with Gasteiger partial charge in [0.1, 0.15) is 5.75 Å². The molecule has 0 bridgehead atoms. The molecule has 1 aromatic heterocycles. The first-order valence-electron chi connectivity index (χ1n) is 6.39. The van der Waals surface area contributed by atoms with E-state index in [2.05, 4.69) is 31.1 Å². The van der Waals surface area contributed by atoms with Crippen LogP contribution in [0.4, 0.5) is 0 Å². The Balaban J connectivity index is 2.41. The lowest BCUT2D eigenvalue weighted by Gasteiger charge is -2.20. The molecule has 0 aliphatic rings. The second-order valence-electron chi connectivity index (χ2n) is 5.18. The normalized spacial score (nSPS) is 11.2. The highest BCUT2D eigenvalue weighted by molar-refractivity contribution is 5.71. The minimum atomic E-state index is -0.374. The zero-order valence-corrected chi connectivity index (χ0v) is 12.0. The predicted molar refractivity (Wildman–Crippen MR) is 73.0 cm³/mol. The van der Waals surface area contributed by atoms with Gasteiger partial charge in [-0.15, -0.1) is 0 Å². The van der Waals surface area contributed by atoms with E-state index in [1.165, 1.54) is 0 Å². The quantitative estimate of drug-likeness (QED) is 0.797. The number of pyridine rings is 1. The van der Waals surface area contributed by atoms with Crippen molar-refractivity contribution >= 4 is 5.97 Å². The Kier molecular flexibility index (Phi) is 5.76. The second kappa shape index (κ2) is 7.09. The summed E-state index contributed by atoms with van der Waals surface area (Å²) in [6.07, 6.45) is 1.61. The van der Waals surface area contributed by atoms with Crippen molar-refractivity contribution in [2.45, 2.75) is 39.8 Å². The molecule has 1 aromatic rings. The smallest absolute Gasteiger partial charge is 0.344 e. The summed E-state index contributed by atoms with van der Waals surface area (Å²) in [6.45, 7) is 9.03. The van der Waals surface area contributed by atoms with Crippen LogP contribution in [-0.2, 0) is 16.1 Å². The first-order valence-corrected chi connectivity index (χ1v) is 6.39. The van der Waals surface area contributed by atoms with Crippen LogP contribution >= 0.6 is 0 Å². The molecule has 0 saturated carbocycles. The van der Waals surface area contributed by atoms with Gasteiger partial charge >= 0.3 is 5.97 Å². The topological polar surface area (TPSA) is 60.5 Å². The molecule has 0 aromatic carbocycles. The molecule has 0 aliphatic heterocycles. The van der Waals surface area contributed by atoms with Crippen LogP contribution in [0.5, 0.6) is 5.75 Å². The molecule has 1 rings (SSSR count). The van der Waals surface area contributed by atoms with Crippen molar-refractivity contribution < 1.29 is 14.3 Å². The first kappa shape index (κ1) is 15.4. The minimum Gasteiger partial charge on any atom is -0.480 e. The number of esters is 1. The molecule has 0 unspecified atom stereocenters. The van der Waals surface area contributed by atoms with E-state index >= 15 is 0 Å². The number of nitrogens with one attached hydrogen (secondary N) is 1. The first-order chi connectivity index (χ1) is 8.90. The minimum absolute atomic E-state index is 0.0563. The lowest BCUT2D eigenvalue weighted by atomic mass is 10.1. The van der Waals surface area contributed by atoms with E-state index in [4.69, 9.17) is 9.47 Å². The molecule has 5 heteroatoms. The fraction of sp³-hybridized carbons (Fsp3) is 0.571. The summed E-state index contributed by atoms with van der Waals surface area (Å²) in [7, 11) is 0. The number of hydrogen-bond acceptors (Lipinski definition) is 5. The summed E-state index contributed by atoms with van der Waals surface area (Å²) in [5.74, 6) is 0.188. The summed E-state index contributed by atoms with van der Waals surface area (Å²) in [4.78, 5) is 15.4. The Hall–Kier alpha value is -1.62. The van der Waals surface area contributed by atoms with Gasteiger partial charge in [-0.25, -0.2) is 4.79 Å². The highest BCUT2D eigenvalue weighted by atomic mass is 16.6. The van der Waals surface area contributed by atoms with Crippen molar-refractivity contribution in [3.8, 4) is 5.75 Å². The Morgan fingerprint density at radius 3 is 2.63 bits per heavy atom. The molecule has 1 heterocycles. The van der Waals surface area contributed by atoms with Crippen LogP contribution in [0.25, 0.3) is 0 Å². The number of aromatic nitrogens is 1. The van der Waals surface area contributed by atoms with E-state index in [1.54, 1.807) is 19.2 Å². The van der Waals surface area contributed by atoms with Gasteiger partial charge in [0.15, 0.2) is 6.61 Å². The summed E-state index contributed by atoms with van der Waals surface area (Å²) in [6, 6.07) is 3.67. The Labute approximate surface area is 114 Å². The van der Waals surface area contributed by atoms with Crippen molar-refractivity contribution in [3.05, 3.63) is 24.0 Å². The van der Waals surface area contributed by atoms with Crippen molar-refractivity contribution in [1.82, 2.24) is 10.3 Å². The molecular weight excluding hydrogens is 244 g/mol. The van der Waals surface area contributed by atoms with Gasteiger partial charge in [-0.1, -0.05) is 0 Å². The van der Waals surface area contributed by atoms with Gasteiger partial charge in [0, 0.05) is 12.1 Å². The molecule has 5 nitrogen and oxygen atoms in total. The van der Waals surface area contributed by atoms with Gasteiger partial charge in [0.2, 0.25) is 0 Å². The monoisotopic (exact) mass is 266 g/mol. The van der Waals surface area contributed by atoms with Gasteiger partial charge in [-0.05, 0) is 39.8 Å². The van der Waals surface area contributed by atoms with Crippen molar-refractivity contribution in [3.63, 3.8) is 0 Å². The largest absolute Gasteiger partial charge is 0.480 e. The van der Waals surface area contributed by atoms with Gasteiger partial charge in [0.25, 0.3) is 0 Å². The third-order valence-electron chi connectivity index (χ3n) is 2.26. The van der Waals surface area contributed by atoms with E-state index in [9.17, 15) is 4.79 Å². The van der Waals surface area contributed by atoms with Gasteiger partial charge in [0.05, 0.1) is 18.5 Å². The van der Waals surface area contributed by atoms with Crippen molar-refractivity contribution in [2.24, 2.45) is 0 Å². The number of carbonyl (C=O) groups is 1. The zero-order valence-electron chi connectivity index (χ0n) is 12.0. The molecule has 0 amide bonds. The highest BCUT2D eigenvalue weighted by Gasteiger charge is 2.09. The maximum Gasteiger partial charge on any atom is 0.344 e. The predicted octanol–water partition coefficient (Wildman–Crippen LogP) is 1.91. The van der Waals surface area contributed by atoms with Crippen LogP contribution in [0.2, 0.25) is 0 Å². The third kappa shape index (κ3) is 6.76. The standard InChI is InChI=1S/C14H22N2O3/c1-5-18-13(17)10-19-12-7-6-11(15-9-12)8-16-14(2,3)4/h6-7,9,16H,5,8,10H2,1-4H3. The lowest BCUT2D eigenvalue weighted by molar-refractivity contribution is -0.145. The number of hydrogen-bond donors (Lipinski definition) is 1. The molecule has 0 aliphatic carbocycles. The average Bonchev–Trinajstić information content (AvgIpc) is 2.34. The van der Waals surface area contributed by atoms with E-state index in [0.717, 1.165) is 5.69 Å². The molecule has 0 radical (unpaired) electrons. The summed E-state index contributed by atoms with van der Waals surface area (Å²) in [5.41, 5.74) is 0.985. The van der Waals surface area contributed by atoms with E-state index in [-0.39, 0.29) is 18.1 Å². The molecule has 0 spiro atoms. The molecule has 0 saturated heterocycles. The Morgan fingerprint density at radius 1 is 1.37 bits per heavy atom. The van der Waals surface area contributed by atoms with Crippen LogP contribution < -0.4 is 10.1 Å². The fourth-order valence-corrected chi connectivity index (χ4v) is 1.30. The number of nitrogens with zero attached hydrogens (tertiary/aromatic N) is 1. The Morgan fingerprint density at radius 2 is 2.11 bits per heavy atom. The van der Waals surface area contributed by atoms with Gasteiger partial charge in [-0.2, -0.15) is 0 Å². The molecule has 0 fully saturated rings. The van der Waals surface area contributed by atoms with Crippen molar-refractivity contribution in [2.75, 3.05) is 13.2 Å². The zero-order chi connectivity index (χ0) is 14.3. The molecule has 0 atom stereocenters. The summed E-state index contributed by atoms with van der Waals surface area (Å²) in [5, 5.41) is 3.35. The maximum absolute atomic E-state index is 11.1. The van der Waals surface area contributed by atoms with Crippen LogP contribution in [0.3, 0.4) is 0 Å². The average molecular weight is 266 g/mol. The molecule has 106 valence electrons. The van der Waals surface area contributed by atoms with Crippen LogP contribution in [0.1, 0.15) is 33.4 Å². The van der Waals surface area contributed by atoms with Crippen LogP contribution in [-0.4, -0.2) is 29.7 Å². The van der Waals surface area contributed by atoms with E-state index < -0.39 is 0 Å². The highest BCUT2D eigenvalue weighted by Crippen LogP contribution is 2.10. The van der Waals surface area contributed by atoms with E-state index in [0.29, 0.717) is 18.9 Å². The second-order valence-corrected chi connectivity index (χ2v) is 5.18. The number of rotatable bonds is 6. The third-order valence-corrected chi connectivity index (χ3v) is 2.26. The van der Waals surface area contributed by atoms with E-state index in [1.807, 2.05) is 6.07 Å². The molecule has 19 heavy (non-hydrogen) atoms. The molecular formula is C14H22N2O3. The maximum atomic E-state index is 11.1.